The van der Waals surface area contributed by atoms with Gasteiger partial charge in [-0.25, -0.2) is 19.0 Å². The van der Waals surface area contributed by atoms with Gasteiger partial charge in [-0.2, -0.15) is 5.10 Å². The topological polar surface area (TPSA) is 89.8 Å². The summed E-state index contributed by atoms with van der Waals surface area (Å²) in [4.78, 5) is 33.1. The Kier molecular flexibility index (Phi) is 6.58. The summed E-state index contributed by atoms with van der Waals surface area (Å²) >= 11 is 6.97. The van der Waals surface area contributed by atoms with E-state index in [2.05, 4.69) is 20.4 Å². The van der Waals surface area contributed by atoms with Gasteiger partial charge in [-0.3, -0.25) is 9.59 Å². The van der Waals surface area contributed by atoms with E-state index in [1.807, 2.05) is 0 Å². The van der Waals surface area contributed by atoms with E-state index in [4.69, 9.17) is 11.6 Å². The second-order valence-electron chi connectivity index (χ2n) is 6.52. The van der Waals surface area contributed by atoms with E-state index in [9.17, 15) is 14.0 Å². The van der Waals surface area contributed by atoms with Gasteiger partial charge in [0.25, 0.3) is 0 Å². The van der Waals surface area contributed by atoms with Crippen LogP contribution in [0, 0.1) is 5.82 Å². The predicted octanol–water partition coefficient (Wildman–Crippen LogP) is 4.21. The zero-order valence-electron chi connectivity index (χ0n) is 16.4. The molecule has 0 aliphatic rings. The maximum absolute atomic E-state index is 13.2. The molecular formula is C22H15ClFN5O2S. The van der Waals surface area contributed by atoms with Crippen LogP contribution in [0.3, 0.4) is 0 Å². The Morgan fingerprint density at radius 2 is 1.81 bits per heavy atom. The SMILES string of the molecule is O=C(CSc1nccc(-c2nn(-c3ccc(F)cc3)ccc2=O)n1)Nc1ccc(Cl)cc1. The third kappa shape index (κ3) is 5.37. The van der Waals surface area contributed by atoms with Gasteiger partial charge in [-0.15, -0.1) is 0 Å². The highest BCUT2D eigenvalue weighted by atomic mass is 35.5. The Morgan fingerprint density at radius 3 is 2.56 bits per heavy atom. The number of halogens is 2. The van der Waals surface area contributed by atoms with Crippen molar-refractivity contribution in [1.82, 2.24) is 19.7 Å². The molecule has 1 amide bonds. The molecule has 10 heteroatoms. The first-order valence-electron chi connectivity index (χ1n) is 9.35. The number of carbonyl (C=O) groups is 1. The second-order valence-corrected chi connectivity index (χ2v) is 7.90. The average molecular weight is 468 g/mol. The summed E-state index contributed by atoms with van der Waals surface area (Å²) in [7, 11) is 0. The molecule has 4 aromatic rings. The van der Waals surface area contributed by atoms with Gasteiger partial charge in [0, 0.05) is 29.2 Å². The van der Waals surface area contributed by atoms with E-state index in [1.54, 1.807) is 42.5 Å². The van der Waals surface area contributed by atoms with Crippen LogP contribution in [0.2, 0.25) is 5.02 Å². The summed E-state index contributed by atoms with van der Waals surface area (Å²) in [6.45, 7) is 0. The molecule has 2 aromatic carbocycles. The molecule has 0 fully saturated rings. The standard InChI is InChI=1S/C22H15ClFN5O2S/c23-14-1-5-16(6-2-14)26-20(31)13-32-22-25-11-9-18(27-22)21-19(30)10-12-29(28-21)17-7-3-15(24)4-8-17/h1-12H,13H2,(H,26,31). The van der Waals surface area contributed by atoms with Crippen molar-refractivity contribution in [3.63, 3.8) is 0 Å². The maximum atomic E-state index is 13.2. The first kappa shape index (κ1) is 21.7. The van der Waals surface area contributed by atoms with Crippen molar-refractivity contribution in [1.29, 1.82) is 0 Å². The molecule has 0 spiro atoms. The van der Waals surface area contributed by atoms with Crippen molar-refractivity contribution < 1.29 is 9.18 Å². The fourth-order valence-corrected chi connectivity index (χ4v) is 3.48. The molecule has 0 atom stereocenters. The van der Waals surface area contributed by atoms with E-state index in [0.717, 1.165) is 11.8 Å². The Labute approximate surface area is 191 Å². The third-order valence-corrected chi connectivity index (χ3v) is 5.35. The van der Waals surface area contributed by atoms with Crippen LogP contribution in [0.5, 0.6) is 0 Å². The Hall–Kier alpha value is -3.56. The van der Waals surface area contributed by atoms with Crippen LogP contribution in [0.25, 0.3) is 17.1 Å². The number of hydrogen-bond donors (Lipinski definition) is 1. The number of amides is 1. The smallest absolute Gasteiger partial charge is 0.234 e. The lowest BCUT2D eigenvalue weighted by Crippen LogP contribution is -2.15. The molecule has 4 rings (SSSR count). The summed E-state index contributed by atoms with van der Waals surface area (Å²) in [5.74, 6) is -0.524. The number of anilines is 1. The Balaban J connectivity index is 1.49. The lowest BCUT2D eigenvalue weighted by Gasteiger charge is -2.08. The molecular weight excluding hydrogens is 453 g/mol. The lowest BCUT2D eigenvalue weighted by atomic mass is 10.2. The molecule has 7 nitrogen and oxygen atoms in total. The van der Waals surface area contributed by atoms with Crippen molar-refractivity contribution in [2.45, 2.75) is 5.16 Å². The van der Waals surface area contributed by atoms with Crippen LogP contribution in [0.1, 0.15) is 0 Å². The monoisotopic (exact) mass is 467 g/mol. The van der Waals surface area contributed by atoms with Crippen molar-refractivity contribution >= 4 is 35.0 Å². The van der Waals surface area contributed by atoms with Crippen LogP contribution >= 0.6 is 23.4 Å². The number of benzene rings is 2. The van der Waals surface area contributed by atoms with E-state index in [1.165, 1.54) is 35.3 Å². The van der Waals surface area contributed by atoms with Crippen molar-refractivity contribution in [3.8, 4) is 17.1 Å². The number of aromatic nitrogens is 4. The highest BCUT2D eigenvalue weighted by Crippen LogP contribution is 2.18. The molecule has 0 bridgehead atoms. The predicted molar refractivity (Wildman–Crippen MR) is 122 cm³/mol. The molecule has 0 radical (unpaired) electrons. The number of nitrogens with zero attached hydrogens (tertiary/aromatic N) is 4. The minimum Gasteiger partial charge on any atom is -0.325 e. The number of carbonyl (C=O) groups excluding carboxylic acids is 1. The fraction of sp³-hybridized carbons (Fsp3) is 0.0455. The van der Waals surface area contributed by atoms with E-state index < -0.39 is 0 Å². The van der Waals surface area contributed by atoms with Crippen molar-refractivity contribution in [3.05, 3.63) is 94.1 Å². The van der Waals surface area contributed by atoms with Gasteiger partial charge >= 0.3 is 0 Å². The van der Waals surface area contributed by atoms with Gasteiger partial charge in [0.1, 0.15) is 5.82 Å². The van der Waals surface area contributed by atoms with Gasteiger partial charge in [0.15, 0.2) is 10.9 Å². The van der Waals surface area contributed by atoms with E-state index >= 15 is 0 Å². The first-order valence-corrected chi connectivity index (χ1v) is 10.7. The van der Waals surface area contributed by atoms with Gasteiger partial charge in [-0.1, -0.05) is 23.4 Å². The van der Waals surface area contributed by atoms with Crippen LogP contribution in [-0.4, -0.2) is 31.4 Å². The zero-order valence-corrected chi connectivity index (χ0v) is 18.0. The summed E-state index contributed by atoms with van der Waals surface area (Å²) in [6.07, 6.45) is 3.00. The van der Waals surface area contributed by atoms with E-state index in [0.29, 0.717) is 27.2 Å². The molecule has 0 aliphatic heterocycles. The normalized spacial score (nSPS) is 10.7. The molecule has 2 heterocycles. The van der Waals surface area contributed by atoms with Crippen LogP contribution in [0.15, 0.2) is 83.0 Å². The van der Waals surface area contributed by atoms with Crippen molar-refractivity contribution in [2.75, 3.05) is 11.1 Å². The summed E-state index contributed by atoms with van der Waals surface area (Å²) in [5, 5.41) is 8.00. The third-order valence-electron chi connectivity index (χ3n) is 4.24. The lowest BCUT2D eigenvalue weighted by molar-refractivity contribution is -0.113. The van der Waals surface area contributed by atoms with Gasteiger partial charge in [0.05, 0.1) is 17.1 Å². The quantitative estimate of drug-likeness (QED) is 0.337. The zero-order chi connectivity index (χ0) is 22.5. The minimum absolute atomic E-state index is 0.0775. The molecule has 32 heavy (non-hydrogen) atoms. The fourth-order valence-electron chi connectivity index (χ4n) is 2.73. The molecule has 0 aliphatic carbocycles. The van der Waals surface area contributed by atoms with E-state index in [-0.39, 0.29) is 28.6 Å². The molecule has 0 unspecified atom stereocenters. The van der Waals surface area contributed by atoms with Crippen LogP contribution in [0.4, 0.5) is 10.1 Å². The number of thioether (sulfide) groups is 1. The Bertz CT molecular complexity index is 1310. The number of rotatable bonds is 6. The molecule has 2 aromatic heterocycles. The highest BCUT2D eigenvalue weighted by Gasteiger charge is 2.12. The average Bonchev–Trinajstić information content (AvgIpc) is 2.80. The Morgan fingerprint density at radius 1 is 1.06 bits per heavy atom. The van der Waals surface area contributed by atoms with Crippen LogP contribution in [-0.2, 0) is 4.79 Å². The molecule has 0 saturated carbocycles. The first-order chi connectivity index (χ1) is 15.5. The molecule has 1 N–H and O–H groups in total. The van der Waals surface area contributed by atoms with Gasteiger partial charge in [0.2, 0.25) is 11.3 Å². The van der Waals surface area contributed by atoms with Crippen molar-refractivity contribution in [2.24, 2.45) is 0 Å². The molecule has 0 saturated heterocycles. The minimum atomic E-state index is -0.368. The number of nitrogens with one attached hydrogen (secondary N) is 1. The number of hydrogen-bond acceptors (Lipinski definition) is 6. The molecule has 160 valence electrons. The summed E-state index contributed by atoms with van der Waals surface area (Å²) in [5.41, 5.74) is 1.34. The van der Waals surface area contributed by atoms with Gasteiger partial charge < -0.3 is 5.32 Å². The highest BCUT2D eigenvalue weighted by molar-refractivity contribution is 7.99. The second kappa shape index (κ2) is 9.71. The summed E-state index contributed by atoms with van der Waals surface area (Å²) in [6, 6.07) is 15.4. The largest absolute Gasteiger partial charge is 0.325 e. The summed E-state index contributed by atoms with van der Waals surface area (Å²) < 4.78 is 14.7. The van der Waals surface area contributed by atoms with Crippen LogP contribution < -0.4 is 10.7 Å². The van der Waals surface area contributed by atoms with Gasteiger partial charge in [-0.05, 0) is 54.6 Å². The maximum Gasteiger partial charge on any atom is 0.234 e.